The Labute approximate surface area is 180 Å². The fraction of sp³-hybridized carbons (Fsp3) is 0.450. The Kier molecular flexibility index (Phi) is 11.6. The van der Waals surface area contributed by atoms with Crippen LogP contribution in [-0.2, 0) is 21.2 Å². The number of nitrogens with one attached hydrogen (secondary N) is 1. The second kappa shape index (κ2) is 11.6. The molecule has 0 atom stereocenters. The van der Waals surface area contributed by atoms with E-state index in [1.165, 1.54) is 11.1 Å². The van der Waals surface area contributed by atoms with E-state index in [1.807, 2.05) is 0 Å². The molecule has 0 saturated carbocycles. The van der Waals surface area contributed by atoms with Crippen LogP contribution in [0.5, 0.6) is 0 Å². The van der Waals surface area contributed by atoms with Gasteiger partial charge in [-0.1, -0.05) is 0 Å². The van der Waals surface area contributed by atoms with Gasteiger partial charge in [0.25, 0.3) is 0 Å². The normalized spacial score (nSPS) is 12.7. The van der Waals surface area contributed by atoms with Crippen LogP contribution in [0.25, 0.3) is 0 Å². The molecule has 2 nitrogen and oxygen atoms in total. The largest absolute Gasteiger partial charge is 1.00 e. The summed E-state index contributed by atoms with van der Waals surface area (Å²) in [5.74, 6) is 0.0666. The Balaban J connectivity index is 0.00000312. The van der Waals surface area contributed by atoms with E-state index in [4.69, 9.17) is 0 Å². The molecule has 0 spiro atoms. The molecule has 0 aromatic heterocycles. The van der Waals surface area contributed by atoms with Crippen LogP contribution in [0.2, 0.25) is 13.1 Å². The van der Waals surface area contributed by atoms with Crippen LogP contribution in [0, 0.1) is 0 Å². The van der Waals surface area contributed by atoms with Gasteiger partial charge >= 0.3 is 157 Å². The maximum absolute atomic E-state index is 13.3. The van der Waals surface area contributed by atoms with E-state index in [-0.39, 0.29) is 30.7 Å². The molecule has 1 aromatic rings. The van der Waals surface area contributed by atoms with Crippen LogP contribution in [0.15, 0.2) is 39.7 Å². The Morgan fingerprint density at radius 2 is 1.62 bits per heavy atom. The van der Waals surface area contributed by atoms with Gasteiger partial charge in [0.1, 0.15) is 0 Å². The minimum Gasteiger partial charge on any atom is -1.00 e. The molecule has 1 aliphatic carbocycles. The zero-order valence-electron chi connectivity index (χ0n) is 16.6. The van der Waals surface area contributed by atoms with Crippen molar-refractivity contribution < 1.29 is 50.8 Å². The van der Waals surface area contributed by atoms with Crippen molar-refractivity contribution >= 4 is 11.8 Å². The Hall–Kier alpha value is -0.150. The van der Waals surface area contributed by atoms with Crippen LogP contribution < -0.4 is 28.1 Å². The summed E-state index contributed by atoms with van der Waals surface area (Å²) < 4.78 is 5.13. The van der Waals surface area contributed by atoms with Gasteiger partial charge in [0.15, 0.2) is 0 Å². The minimum absolute atomic E-state index is 0. The smallest absolute Gasteiger partial charge is 1.00 e. The minimum atomic E-state index is -2.01. The first-order valence-corrected chi connectivity index (χ1v) is 18.6. The summed E-state index contributed by atoms with van der Waals surface area (Å²) >= 11 is -2.01. The summed E-state index contributed by atoms with van der Waals surface area (Å²) in [5.41, 5.74) is 3.32. The van der Waals surface area contributed by atoms with Gasteiger partial charge in [0.2, 0.25) is 0 Å². The fourth-order valence-corrected chi connectivity index (χ4v) is 16.7. The van der Waals surface area contributed by atoms with Crippen LogP contribution >= 0.6 is 0 Å². The summed E-state index contributed by atoms with van der Waals surface area (Å²) in [6.07, 6.45) is 7.70. The summed E-state index contributed by atoms with van der Waals surface area (Å²) in [7, 11) is 0. The van der Waals surface area contributed by atoms with Crippen molar-refractivity contribution in [2.75, 3.05) is 0 Å². The van der Waals surface area contributed by atoms with Gasteiger partial charge in [-0.25, -0.2) is 0 Å². The average molecular weight is 491 g/mol. The fourth-order valence-electron chi connectivity index (χ4n) is 3.24. The van der Waals surface area contributed by atoms with Crippen molar-refractivity contribution in [3.05, 3.63) is 56.4 Å². The molecule has 1 aliphatic rings. The van der Waals surface area contributed by atoms with Crippen molar-refractivity contribution in [1.82, 2.24) is 3.26 Å². The van der Waals surface area contributed by atoms with Crippen molar-refractivity contribution in [2.24, 2.45) is 0 Å². The quantitative estimate of drug-likeness (QED) is 0.511. The number of carbonyl (C=O) groups is 1. The first-order valence-electron chi connectivity index (χ1n) is 9.00. The third kappa shape index (κ3) is 6.19. The van der Waals surface area contributed by atoms with Gasteiger partial charge < -0.3 is 24.8 Å². The van der Waals surface area contributed by atoms with Crippen LogP contribution in [-0.4, -0.2) is 11.8 Å². The number of halogens is 2. The van der Waals surface area contributed by atoms with Crippen LogP contribution in [0.4, 0.5) is 0 Å². The third-order valence-corrected chi connectivity index (χ3v) is 21.1. The second-order valence-electron chi connectivity index (χ2n) is 7.47. The molecule has 0 saturated heterocycles. The Morgan fingerprint density at radius 1 is 1.08 bits per heavy atom. The number of allylic oxidation sites excluding steroid dienone is 4. The average Bonchev–Trinajstić information content (AvgIpc) is 3.05. The second-order valence-corrected chi connectivity index (χ2v) is 25.9. The molecule has 1 aromatic carbocycles. The van der Waals surface area contributed by atoms with Crippen molar-refractivity contribution in [3.63, 3.8) is 0 Å². The molecule has 1 N–H and O–H groups in total. The number of carbonyl (C=O) groups excluding carboxylic acids is 1. The van der Waals surface area contributed by atoms with Gasteiger partial charge in [0.05, 0.1) is 0 Å². The Morgan fingerprint density at radius 3 is 2.00 bits per heavy atom. The molecule has 0 bridgehead atoms. The molecule has 0 radical (unpaired) electrons. The topological polar surface area (TPSA) is 29.1 Å². The molecule has 0 aliphatic heterocycles. The van der Waals surface area contributed by atoms with Gasteiger partial charge in [-0.2, -0.15) is 0 Å². The van der Waals surface area contributed by atoms with Gasteiger partial charge in [-0.05, 0) is 0 Å². The molecule has 6 heteroatoms. The zero-order valence-corrected chi connectivity index (χ0v) is 21.7. The number of benzene rings is 1. The van der Waals surface area contributed by atoms with E-state index in [0.29, 0.717) is 11.8 Å². The maximum Gasteiger partial charge on any atom is -1.00 e. The van der Waals surface area contributed by atoms with Crippen LogP contribution in [0.1, 0.15) is 67.4 Å². The molecule has 2 rings (SSSR count). The van der Waals surface area contributed by atoms with Crippen molar-refractivity contribution in [2.45, 2.75) is 59.0 Å². The monoisotopic (exact) mass is 488 g/mol. The van der Waals surface area contributed by atoms with E-state index in [1.54, 1.807) is 3.28 Å². The van der Waals surface area contributed by atoms with Gasteiger partial charge in [0, 0.05) is 0 Å². The molecule has 0 heterocycles. The summed E-state index contributed by atoms with van der Waals surface area (Å²) in [6, 6.07) is 6.34. The summed E-state index contributed by atoms with van der Waals surface area (Å²) in [5, 5.41) is 0. The standard InChI is InChI=1S/C13H19NO.C5H5.C2H7Si.2ClH.Zr/c1-8(2)10-6-5-7-11(9(3)4)12(10)13(14)15;1-2-4-5-3-1;1-3-2;;;/h5-9H,1-4H3,(H2,14,15);1-3H,4H2;3H,1-2H3;2*1H;/q;;;;;+3/p-3. The molecule has 0 fully saturated rings. The van der Waals surface area contributed by atoms with Crippen LogP contribution in [0.3, 0.4) is 0 Å². The van der Waals surface area contributed by atoms with E-state index in [2.05, 4.69) is 80.5 Å². The van der Waals surface area contributed by atoms with Crippen molar-refractivity contribution in [3.8, 4) is 0 Å². The third-order valence-electron chi connectivity index (χ3n) is 4.54. The summed E-state index contributed by atoms with van der Waals surface area (Å²) in [4.78, 5) is 13.3. The van der Waals surface area contributed by atoms with Gasteiger partial charge in [-0.3, -0.25) is 0 Å². The number of hydrogen-bond acceptors (Lipinski definition) is 1. The molecule has 26 heavy (non-hydrogen) atoms. The molecule has 143 valence electrons. The first kappa shape index (κ1) is 25.9. The maximum atomic E-state index is 13.3. The molecular weight excluding hydrogens is 460 g/mol. The van der Waals surface area contributed by atoms with E-state index < -0.39 is 27.1 Å². The molecule has 0 unspecified atom stereocenters. The SMILES string of the molecule is CC(C)c1cccc(C(C)C)c1C(=O)[NH][Zr+2]([C]1=CC=CC1)[SiH](C)C.[Cl-].[Cl-]. The van der Waals surface area contributed by atoms with E-state index in [0.717, 1.165) is 12.0 Å². The number of hydrogen-bond donors (Lipinski definition) is 1. The predicted molar refractivity (Wildman–Crippen MR) is 103 cm³/mol. The Bertz CT molecular complexity index is 646. The molecule has 1 amide bonds. The van der Waals surface area contributed by atoms with E-state index in [9.17, 15) is 4.79 Å². The summed E-state index contributed by atoms with van der Waals surface area (Å²) in [6.45, 7) is 13.5. The molecular formula is C20H30Cl2NOSiZr. The number of rotatable bonds is 6. The number of amides is 1. The zero-order chi connectivity index (χ0) is 17.9. The van der Waals surface area contributed by atoms with Crippen molar-refractivity contribution in [1.29, 1.82) is 0 Å². The predicted octanol–water partition coefficient (Wildman–Crippen LogP) is -0.968. The van der Waals surface area contributed by atoms with Gasteiger partial charge in [-0.15, -0.1) is 0 Å². The first-order chi connectivity index (χ1) is 11.3. The van der Waals surface area contributed by atoms with E-state index >= 15 is 0 Å².